The van der Waals surface area contributed by atoms with E-state index < -0.39 is 12.1 Å². The normalized spacial score (nSPS) is 10.6. The third-order valence-corrected chi connectivity index (χ3v) is 2.09. The van der Waals surface area contributed by atoms with E-state index in [0.29, 0.717) is 17.5 Å². The fourth-order valence-electron chi connectivity index (χ4n) is 1.09. The van der Waals surface area contributed by atoms with Gasteiger partial charge in [-0.15, -0.1) is 11.6 Å². The second kappa shape index (κ2) is 4.46. The Bertz CT molecular complexity index is 355. The molecule has 0 bridgehead atoms. The number of aldehydes is 1. The summed E-state index contributed by atoms with van der Waals surface area (Å²) in [6.07, 6.45) is -2.38. The molecule has 0 saturated heterocycles. The number of aromatic nitrogens is 1. The van der Waals surface area contributed by atoms with Crippen molar-refractivity contribution in [1.29, 1.82) is 0 Å². The van der Waals surface area contributed by atoms with Crippen molar-refractivity contribution < 1.29 is 13.6 Å². The van der Waals surface area contributed by atoms with Crippen LogP contribution in [0.3, 0.4) is 0 Å². The smallest absolute Gasteiger partial charge is 0.281 e. The second-order valence-electron chi connectivity index (χ2n) is 2.78. The summed E-state index contributed by atoms with van der Waals surface area (Å²) in [4.78, 5) is 14.1. The van der Waals surface area contributed by atoms with Crippen molar-refractivity contribution in [1.82, 2.24) is 4.98 Å². The van der Waals surface area contributed by atoms with Crippen LogP contribution in [0.25, 0.3) is 0 Å². The van der Waals surface area contributed by atoms with E-state index in [4.69, 9.17) is 11.6 Å². The Labute approximate surface area is 84.9 Å². The molecule has 0 fully saturated rings. The highest BCUT2D eigenvalue weighted by Gasteiger charge is 2.16. The first-order chi connectivity index (χ1) is 6.60. The van der Waals surface area contributed by atoms with Gasteiger partial charge in [-0.1, -0.05) is 0 Å². The van der Waals surface area contributed by atoms with Gasteiger partial charge in [-0.05, 0) is 18.6 Å². The van der Waals surface area contributed by atoms with E-state index in [1.807, 2.05) is 0 Å². The quantitative estimate of drug-likeness (QED) is 0.578. The number of carbonyl (C=O) groups is 1. The molecule has 2 nitrogen and oxygen atoms in total. The summed E-state index contributed by atoms with van der Waals surface area (Å²) in [5.41, 5.74) is 0.451. The van der Waals surface area contributed by atoms with E-state index in [2.05, 4.69) is 4.98 Å². The maximum Gasteiger partial charge on any atom is 0.281 e. The lowest BCUT2D eigenvalue weighted by Crippen LogP contribution is -2.02. The number of halogens is 3. The molecule has 1 aromatic rings. The summed E-state index contributed by atoms with van der Waals surface area (Å²) in [5.74, 6) is 0.0602. The summed E-state index contributed by atoms with van der Waals surface area (Å²) < 4.78 is 24.8. The number of hydrogen-bond acceptors (Lipinski definition) is 2. The van der Waals surface area contributed by atoms with Gasteiger partial charge in [0.05, 0.1) is 11.6 Å². The third-order valence-electron chi connectivity index (χ3n) is 1.84. The maximum absolute atomic E-state index is 12.4. The minimum absolute atomic E-state index is 0.0602. The second-order valence-corrected chi connectivity index (χ2v) is 3.05. The van der Waals surface area contributed by atoms with Crippen LogP contribution in [0.1, 0.15) is 33.7 Å². The molecule has 1 heterocycles. The summed E-state index contributed by atoms with van der Waals surface area (Å²) in [7, 11) is 0. The van der Waals surface area contributed by atoms with Crippen LogP contribution in [-0.2, 0) is 5.88 Å². The number of nitrogens with zero attached hydrogens (tertiary/aromatic N) is 1. The zero-order chi connectivity index (χ0) is 10.7. The predicted octanol–water partition coefficient (Wildman–Crippen LogP) is 2.88. The van der Waals surface area contributed by atoms with Gasteiger partial charge in [0.25, 0.3) is 6.43 Å². The lowest BCUT2D eigenvalue weighted by molar-refractivity contribution is 0.110. The SMILES string of the molecule is Cc1cc(C=O)c(C(F)F)nc1CCl. The Morgan fingerprint density at radius 2 is 2.29 bits per heavy atom. The van der Waals surface area contributed by atoms with Crippen molar-refractivity contribution in [2.24, 2.45) is 0 Å². The van der Waals surface area contributed by atoms with Gasteiger partial charge in [-0.25, -0.2) is 13.8 Å². The van der Waals surface area contributed by atoms with Crippen LogP contribution < -0.4 is 0 Å². The van der Waals surface area contributed by atoms with Gasteiger partial charge in [0.15, 0.2) is 6.29 Å². The molecular formula is C9H8ClF2NO. The summed E-state index contributed by atoms with van der Waals surface area (Å²) in [6, 6.07) is 1.37. The molecule has 1 rings (SSSR count). The van der Waals surface area contributed by atoms with Crippen molar-refractivity contribution in [3.05, 3.63) is 28.6 Å². The fraction of sp³-hybridized carbons (Fsp3) is 0.333. The predicted molar refractivity (Wildman–Crippen MR) is 48.9 cm³/mol. The topological polar surface area (TPSA) is 30.0 Å². The largest absolute Gasteiger partial charge is 0.298 e. The van der Waals surface area contributed by atoms with E-state index in [-0.39, 0.29) is 11.4 Å². The van der Waals surface area contributed by atoms with Crippen LogP contribution >= 0.6 is 11.6 Å². The average Bonchev–Trinajstić information content (AvgIpc) is 2.16. The van der Waals surface area contributed by atoms with Crippen molar-refractivity contribution >= 4 is 17.9 Å². The van der Waals surface area contributed by atoms with E-state index in [0.717, 1.165) is 0 Å². The van der Waals surface area contributed by atoms with Crippen molar-refractivity contribution in [2.45, 2.75) is 19.2 Å². The first-order valence-electron chi connectivity index (χ1n) is 3.89. The monoisotopic (exact) mass is 219 g/mol. The molecule has 0 saturated carbocycles. The Morgan fingerprint density at radius 3 is 2.71 bits per heavy atom. The molecule has 0 atom stereocenters. The van der Waals surface area contributed by atoms with Crippen LogP contribution in [0, 0.1) is 6.92 Å². The Balaban J connectivity index is 3.32. The standard InChI is InChI=1S/C9H8ClF2NO/c1-5-2-6(4-14)8(9(11)12)13-7(5)3-10/h2,4,9H,3H2,1H3. The van der Waals surface area contributed by atoms with Gasteiger partial charge in [-0.3, -0.25) is 4.79 Å². The van der Waals surface area contributed by atoms with Gasteiger partial charge < -0.3 is 0 Å². The number of carbonyl (C=O) groups excluding carboxylic acids is 1. The number of hydrogen-bond donors (Lipinski definition) is 0. The minimum atomic E-state index is -2.75. The molecule has 1 aromatic heterocycles. The molecule has 0 aromatic carbocycles. The molecule has 0 aliphatic rings. The average molecular weight is 220 g/mol. The molecule has 76 valence electrons. The number of pyridine rings is 1. The van der Waals surface area contributed by atoms with Crippen LogP contribution in [0.2, 0.25) is 0 Å². The molecule has 5 heteroatoms. The lowest BCUT2D eigenvalue weighted by atomic mass is 10.1. The van der Waals surface area contributed by atoms with Gasteiger partial charge >= 0.3 is 0 Å². The van der Waals surface area contributed by atoms with E-state index in [1.165, 1.54) is 6.07 Å². The third kappa shape index (κ3) is 2.07. The van der Waals surface area contributed by atoms with Crippen LogP contribution in [0.15, 0.2) is 6.07 Å². The molecule has 0 amide bonds. The molecule has 0 N–H and O–H groups in total. The van der Waals surface area contributed by atoms with Crippen molar-refractivity contribution in [2.75, 3.05) is 0 Å². The van der Waals surface area contributed by atoms with E-state index in [1.54, 1.807) is 6.92 Å². The minimum Gasteiger partial charge on any atom is -0.298 e. The molecule has 0 spiro atoms. The van der Waals surface area contributed by atoms with Gasteiger partial charge in [-0.2, -0.15) is 0 Å². The zero-order valence-corrected chi connectivity index (χ0v) is 8.18. The highest BCUT2D eigenvalue weighted by Crippen LogP contribution is 2.22. The maximum atomic E-state index is 12.4. The zero-order valence-electron chi connectivity index (χ0n) is 7.43. The first-order valence-corrected chi connectivity index (χ1v) is 4.43. The Kier molecular flexibility index (Phi) is 3.52. The van der Waals surface area contributed by atoms with Crippen molar-refractivity contribution in [3.63, 3.8) is 0 Å². The van der Waals surface area contributed by atoms with E-state index in [9.17, 15) is 13.6 Å². The van der Waals surface area contributed by atoms with E-state index >= 15 is 0 Å². The first kappa shape index (κ1) is 11.0. The number of rotatable bonds is 3. The molecule has 0 aliphatic heterocycles. The Hall–Kier alpha value is -1.03. The summed E-state index contributed by atoms with van der Waals surface area (Å²) in [6.45, 7) is 1.67. The number of alkyl halides is 3. The van der Waals surface area contributed by atoms with Gasteiger partial charge in [0, 0.05) is 5.56 Å². The van der Waals surface area contributed by atoms with Gasteiger partial charge in [0.2, 0.25) is 0 Å². The van der Waals surface area contributed by atoms with Crippen LogP contribution in [0.4, 0.5) is 8.78 Å². The fourth-order valence-corrected chi connectivity index (χ4v) is 1.36. The Morgan fingerprint density at radius 1 is 1.64 bits per heavy atom. The molecule has 0 aliphatic carbocycles. The summed E-state index contributed by atoms with van der Waals surface area (Å²) in [5, 5.41) is 0. The lowest BCUT2D eigenvalue weighted by Gasteiger charge is -2.07. The highest BCUT2D eigenvalue weighted by molar-refractivity contribution is 6.17. The van der Waals surface area contributed by atoms with Crippen molar-refractivity contribution in [3.8, 4) is 0 Å². The van der Waals surface area contributed by atoms with Crippen LogP contribution in [-0.4, -0.2) is 11.3 Å². The molecule has 14 heavy (non-hydrogen) atoms. The number of aryl methyl sites for hydroxylation is 1. The molecule has 0 radical (unpaired) electrons. The highest BCUT2D eigenvalue weighted by atomic mass is 35.5. The van der Waals surface area contributed by atoms with Gasteiger partial charge in [0.1, 0.15) is 5.69 Å². The summed E-state index contributed by atoms with van der Waals surface area (Å²) >= 11 is 5.51. The molecular weight excluding hydrogens is 212 g/mol. The molecule has 0 unspecified atom stereocenters. The van der Waals surface area contributed by atoms with Crippen LogP contribution in [0.5, 0.6) is 0 Å².